The average Bonchev–Trinajstić information content (AvgIpc) is 2.44. The summed E-state index contributed by atoms with van der Waals surface area (Å²) in [5.41, 5.74) is 6.42. The molecule has 0 aliphatic carbocycles. The zero-order valence-electron chi connectivity index (χ0n) is 11.5. The molecule has 0 saturated heterocycles. The van der Waals surface area contributed by atoms with Crippen LogP contribution in [0.25, 0.3) is 0 Å². The van der Waals surface area contributed by atoms with Crippen molar-refractivity contribution in [1.29, 1.82) is 0 Å². The predicted octanol–water partition coefficient (Wildman–Crippen LogP) is 0.669. The first-order valence-electron chi connectivity index (χ1n) is 6.29. The third-order valence-electron chi connectivity index (χ3n) is 3.12. The van der Waals surface area contributed by atoms with E-state index in [4.69, 9.17) is 10.5 Å². The lowest BCUT2D eigenvalue weighted by atomic mass is 10.2. The summed E-state index contributed by atoms with van der Waals surface area (Å²) < 4.78 is 7.74. The fourth-order valence-corrected chi connectivity index (χ4v) is 2.01. The Morgan fingerprint density at radius 3 is 2.60 bits per heavy atom. The lowest BCUT2D eigenvalue weighted by Gasteiger charge is -2.10. The van der Waals surface area contributed by atoms with Crippen LogP contribution in [0.2, 0.25) is 0 Å². The molecule has 0 bridgehead atoms. The Labute approximate surface area is 116 Å². The van der Waals surface area contributed by atoms with Gasteiger partial charge in [0.25, 0.3) is 5.56 Å². The van der Waals surface area contributed by atoms with E-state index in [0.717, 1.165) is 5.56 Å². The van der Waals surface area contributed by atoms with Crippen molar-refractivity contribution in [2.75, 3.05) is 12.8 Å². The zero-order valence-corrected chi connectivity index (χ0v) is 11.5. The Bertz CT molecular complexity index is 731. The molecule has 2 rings (SSSR count). The first-order valence-corrected chi connectivity index (χ1v) is 6.29. The number of nitrogens with zero attached hydrogens (tertiary/aromatic N) is 2. The molecule has 1 heterocycles. The molecule has 106 valence electrons. The monoisotopic (exact) mass is 275 g/mol. The topological polar surface area (TPSA) is 79.2 Å². The van der Waals surface area contributed by atoms with Crippen molar-refractivity contribution in [1.82, 2.24) is 9.13 Å². The highest BCUT2D eigenvalue weighted by Crippen LogP contribution is 2.21. The van der Waals surface area contributed by atoms with Crippen LogP contribution in [0.3, 0.4) is 0 Å². The van der Waals surface area contributed by atoms with Crippen LogP contribution in [-0.4, -0.2) is 16.2 Å². The van der Waals surface area contributed by atoms with E-state index in [-0.39, 0.29) is 17.8 Å². The SMILES string of the molecule is CCn1ccc(=O)n(Cc2ccc(OC)c(N)c2)c1=O. The summed E-state index contributed by atoms with van der Waals surface area (Å²) in [5, 5.41) is 0. The summed E-state index contributed by atoms with van der Waals surface area (Å²) in [7, 11) is 1.53. The van der Waals surface area contributed by atoms with E-state index in [2.05, 4.69) is 0 Å². The minimum absolute atomic E-state index is 0.187. The van der Waals surface area contributed by atoms with Crippen molar-refractivity contribution in [3.8, 4) is 5.75 Å². The molecule has 2 aromatic rings. The van der Waals surface area contributed by atoms with Gasteiger partial charge in [0.05, 0.1) is 19.3 Å². The molecular weight excluding hydrogens is 258 g/mol. The van der Waals surface area contributed by atoms with Crippen LogP contribution in [0.1, 0.15) is 12.5 Å². The number of anilines is 1. The maximum atomic E-state index is 12.1. The van der Waals surface area contributed by atoms with Crippen LogP contribution in [0, 0.1) is 0 Å². The predicted molar refractivity (Wildman–Crippen MR) is 77.1 cm³/mol. The molecule has 0 spiro atoms. The van der Waals surface area contributed by atoms with Crippen LogP contribution in [0.15, 0.2) is 40.1 Å². The van der Waals surface area contributed by atoms with Gasteiger partial charge in [0.1, 0.15) is 5.75 Å². The fourth-order valence-electron chi connectivity index (χ4n) is 2.01. The van der Waals surface area contributed by atoms with Crippen LogP contribution >= 0.6 is 0 Å². The lowest BCUT2D eigenvalue weighted by molar-refractivity contribution is 0.417. The summed E-state index contributed by atoms with van der Waals surface area (Å²) in [5.74, 6) is 0.570. The van der Waals surface area contributed by atoms with Gasteiger partial charge in [0, 0.05) is 18.8 Å². The normalized spacial score (nSPS) is 10.5. The van der Waals surface area contributed by atoms with E-state index >= 15 is 0 Å². The van der Waals surface area contributed by atoms with Gasteiger partial charge in [0.15, 0.2) is 0 Å². The Hall–Kier alpha value is -2.50. The first kappa shape index (κ1) is 13.9. The highest BCUT2D eigenvalue weighted by molar-refractivity contribution is 5.54. The number of rotatable bonds is 4. The molecule has 2 N–H and O–H groups in total. The van der Waals surface area contributed by atoms with Crippen molar-refractivity contribution in [3.63, 3.8) is 0 Å². The molecular formula is C14H17N3O3. The second-order valence-electron chi connectivity index (χ2n) is 4.39. The smallest absolute Gasteiger partial charge is 0.331 e. The molecule has 0 unspecified atom stereocenters. The summed E-state index contributed by atoms with van der Waals surface area (Å²) in [6.45, 7) is 2.55. The summed E-state index contributed by atoms with van der Waals surface area (Å²) in [6.07, 6.45) is 1.50. The van der Waals surface area contributed by atoms with E-state index in [1.54, 1.807) is 18.2 Å². The van der Waals surface area contributed by atoms with E-state index in [0.29, 0.717) is 18.0 Å². The van der Waals surface area contributed by atoms with Crippen LogP contribution < -0.4 is 21.7 Å². The van der Waals surface area contributed by atoms with Gasteiger partial charge < -0.3 is 15.0 Å². The van der Waals surface area contributed by atoms with Gasteiger partial charge in [-0.2, -0.15) is 0 Å². The second-order valence-corrected chi connectivity index (χ2v) is 4.39. The second kappa shape index (κ2) is 5.64. The van der Waals surface area contributed by atoms with Crippen LogP contribution in [0.5, 0.6) is 5.75 Å². The molecule has 0 saturated carbocycles. The van der Waals surface area contributed by atoms with Gasteiger partial charge in [-0.15, -0.1) is 0 Å². The molecule has 1 aromatic carbocycles. The third-order valence-corrected chi connectivity index (χ3v) is 3.12. The molecule has 6 heteroatoms. The van der Waals surface area contributed by atoms with Gasteiger partial charge in [0.2, 0.25) is 0 Å². The molecule has 0 amide bonds. The van der Waals surface area contributed by atoms with E-state index in [1.165, 1.54) is 28.5 Å². The number of hydrogen-bond acceptors (Lipinski definition) is 4. The number of benzene rings is 1. The molecule has 0 aliphatic heterocycles. The van der Waals surface area contributed by atoms with E-state index in [9.17, 15) is 9.59 Å². The molecule has 0 aliphatic rings. The summed E-state index contributed by atoms with van der Waals surface area (Å²) >= 11 is 0. The number of nitrogen functional groups attached to an aromatic ring is 1. The van der Waals surface area contributed by atoms with Crippen molar-refractivity contribution >= 4 is 5.69 Å². The minimum atomic E-state index is -0.325. The van der Waals surface area contributed by atoms with Crippen molar-refractivity contribution in [2.24, 2.45) is 0 Å². The first-order chi connectivity index (χ1) is 9.56. The fraction of sp³-hybridized carbons (Fsp3) is 0.286. The third kappa shape index (κ3) is 2.59. The molecule has 0 atom stereocenters. The van der Waals surface area contributed by atoms with E-state index < -0.39 is 0 Å². The highest BCUT2D eigenvalue weighted by atomic mass is 16.5. The number of aromatic nitrogens is 2. The highest BCUT2D eigenvalue weighted by Gasteiger charge is 2.07. The maximum Gasteiger partial charge on any atom is 0.331 e. The molecule has 20 heavy (non-hydrogen) atoms. The summed E-state index contributed by atoms with van der Waals surface area (Å²) in [4.78, 5) is 23.9. The number of methoxy groups -OCH3 is 1. The van der Waals surface area contributed by atoms with Gasteiger partial charge in [-0.25, -0.2) is 4.79 Å². The van der Waals surface area contributed by atoms with Gasteiger partial charge in [-0.1, -0.05) is 6.07 Å². The zero-order chi connectivity index (χ0) is 14.7. The van der Waals surface area contributed by atoms with Crippen molar-refractivity contribution < 1.29 is 4.74 Å². The Kier molecular flexibility index (Phi) is 3.93. The van der Waals surface area contributed by atoms with Gasteiger partial charge in [-0.05, 0) is 24.6 Å². The van der Waals surface area contributed by atoms with Gasteiger partial charge >= 0.3 is 5.69 Å². The van der Waals surface area contributed by atoms with E-state index in [1.807, 2.05) is 6.92 Å². The standard InChI is InChI=1S/C14H17N3O3/c1-3-16-7-6-13(18)17(14(16)19)9-10-4-5-12(20-2)11(15)8-10/h4-8H,3,9,15H2,1-2H3. The lowest BCUT2D eigenvalue weighted by Crippen LogP contribution is -2.38. The molecule has 0 radical (unpaired) electrons. The van der Waals surface area contributed by atoms with Crippen LogP contribution in [-0.2, 0) is 13.1 Å². The Balaban J connectivity index is 2.42. The number of hydrogen-bond donors (Lipinski definition) is 1. The molecule has 6 nitrogen and oxygen atoms in total. The quantitative estimate of drug-likeness (QED) is 0.832. The average molecular weight is 275 g/mol. The Morgan fingerprint density at radius 1 is 1.25 bits per heavy atom. The molecule has 1 aromatic heterocycles. The van der Waals surface area contributed by atoms with Crippen molar-refractivity contribution in [2.45, 2.75) is 20.0 Å². The van der Waals surface area contributed by atoms with Crippen LogP contribution in [0.4, 0.5) is 5.69 Å². The Morgan fingerprint density at radius 2 is 2.00 bits per heavy atom. The largest absolute Gasteiger partial charge is 0.495 e. The van der Waals surface area contributed by atoms with Gasteiger partial charge in [-0.3, -0.25) is 9.36 Å². The number of nitrogens with two attached hydrogens (primary N) is 1. The maximum absolute atomic E-state index is 12.1. The summed E-state index contributed by atoms with van der Waals surface area (Å²) in [6, 6.07) is 6.59. The molecule has 0 fully saturated rings. The van der Waals surface area contributed by atoms with Crippen molar-refractivity contribution in [3.05, 3.63) is 56.9 Å². The number of aryl methyl sites for hydroxylation is 1. The minimum Gasteiger partial charge on any atom is -0.495 e. The number of ether oxygens (including phenoxy) is 1.